The largest absolute Gasteiger partial charge is 0.326 e. The van der Waals surface area contributed by atoms with Crippen LogP contribution in [-0.4, -0.2) is 11.8 Å². The molecule has 2 N–H and O–H groups in total. The van der Waals surface area contributed by atoms with Gasteiger partial charge in [-0.1, -0.05) is 57.0 Å². The summed E-state index contributed by atoms with van der Waals surface area (Å²) in [5.74, 6) is 1.97. The van der Waals surface area contributed by atoms with Crippen molar-refractivity contribution in [1.82, 2.24) is 0 Å². The van der Waals surface area contributed by atoms with Gasteiger partial charge in [-0.15, -0.1) is 0 Å². The minimum absolute atomic E-state index is 0.251. The number of aryl methyl sites for hydroxylation is 1. The van der Waals surface area contributed by atoms with Crippen molar-refractivity contribution in [2.24, 2.45) is 11.7 Å². The van der Waals surface area contributed by atoms with Gasteiger partial charge in [0, 0.05) is 11.3 Å². The van der Waals surface area contributed by atoms with E-state index in [-0.39, 0.29) is 6.04 Å². The highest BCUT2D eigenvalue weighted by molar-refractivity contribution is 7.99. The van der Waals surface area contributed by atoms with Crippen molar-refractivity contribution in [3.8, 4) is 0 Å². The fourth-order valence-electron chi connectivity index (χ4n) is 1.91. The molecule has 1 nitrogen and oxygen atoms in total. The predicted molar refractivity (Wildman–Crippen MR) is 84.1 cm³/mol. The summed E-state index contributed by atoms with van der Waals surface area (Å²) in [6.07, 6.45) is 2.28. The van der Waals surface area contributed by atoms with Gasteiger partial charge in [0.25, 0.3) is 0 Å². The SMILES string of the molecule is CCC(C)CSC(c1cccc(C)c1)C(N)CC. The molecule has 3 atom stereocenters. The summed E-state index contributed by atoms with van der Waals surface area (Å²) in [4.78, 5) is 0. The van der Waals surface area contributed by atoms with Crippen molar-refractivity contribution < 1.29 is 0 Å². The number of rotatable bonds is 7. The highest BCUT2D eigenvalue weighted by Crippen LogP contribution is 2.34. The Labute approximate surface area is 117 Å². The summed E-state index contributed by atoms with van der Waals surface area (Å²) in [5, 5.41) is 0.434. The minimum atomic E-state index is 0.251. The van der Waals surface area contributed by atoms with E-state index >= 15 is 0 Å². The van der Waals surface area contributed by atoms with E-state index in [9.17, 15) is 0 Å². The summed E-state index contributed by atoms with van der Waals surface area (Å²) in [7, 11) is 0. The van der Waals surface area contributed by atoms with E-state index < -0.39 is 0 Å². The van der Waals surface area contributed by atoms with Crippen molar-refractivity contribution in [3.63, 3.8) is 0 Å². The van der Waals surface area contributed by atoms with Gasteiger partial charge in [0.1, 0.15) is 0 Å². The standard InChI is InChI=1S/C16H27NS/c1-5-12(3)11-18-16(15(17)6-2)14-9-7-8-13(4)10-14/h7-10,12,15-16H,5-6,11,17H2,1-4H3. The first-order chi connectivity index (χ1) is 8.58. The molecule has 2 heteroatoms. The van der Waals surface area contributed by atoms with Crippen LogP contribution in [0.4, 0.5) is 0 Å². The second-order valence-electron chi connectivity index (χ2n) is 5.25. The molecule has 0 radical (unpaired) electrons. The Kier molecular flexibility index (Phi) is 6.80. The van der Waals surface area contributed by atoms with Gasteiger partial charge in [-0.05, 0) is 30.6 Å². The first-order valence-corrected chi connectivity index (χ1v) is 8.07. The third-order valence-corrected chi connectivity index (χ3v) is 5.23. The normalized spacial score (nSPS) is 16.3. The van der Waals surface area contributed by atoms with Crippen LogP contribution in [0.25, 0.3) is 0 Å². The molecule has 0 fully saturated rings. The molecule has 1 aromatic carbocycles. The maximum atomic E-state index is 6.31. The Morgan fingerprint density at radius 3 is 2.50 bits per heavy atom. The monoisotopic (exact) mass is 265 g/mol. The lowest BCUT2D eigenvalue weighted by atomic mass is 10.0. The van der Waals surface area contributed by atoms with E-state index in [0.29, 0.717) is 5.25 Å². The van der Waals surface area contributed by atoms with Gasteiger partial charge in [0.15, 0.2) is 0 Å². The fraction of sp³-hybridized carbons (Fsp3) is 0.625. The summed E-state index contributed by atoms with van der Waals surface area (Å²) in [6, 6.07) is 9.04. The number of benzene rings is 1. The zero-order valence-corrected chi connectivity index (χ0v) is 13.0. The first-order valence-electron chi connectivity index (χ1n) is 7.02. The predicted octanol–water partition coefficient (Wildman–Crippen LogP) is 4.55. The number of hydrogen-bond donors (Lipinski definition) is 1. The molecule has 0 aliphatic carbocycles. The van der Waals surface area contributed by atoms with Gasteiger partial charge in [0.05, 0.1) is 0 Å². The van der Waals surface area contributed by atoms with Crippen LogP contribution < -0.4 is 5.73 Å². The lowest BCUT2D eigenvalue weighted by Gasteiger charge is -2.24. The summed E-state index contributed by atoms with van der Waals surface area (Å²) in [5.41, 5.74) is 9.02. The average Bonchev–Trinajstić information content (AvgIpc) is 2.38. The van der Waals surface area contributed by atoms with Crippen LogP contribution in [0.2, 0.25) is 0 Å². The second kappa shape index (κ2) is 7.85. The van der Waals surface area contributed by atoms with E-state index in [4.69, 9.17) is 5.73 Å². The van der Waals surface area contributed by atoms with Gasteiger partial charge in [-0.25, -0.2) is 0 Å². The van der Waals surface area contributed by atoms with Gasteiger partial charge in [-0.3, -0.25) is 0 Å². The van der Waals surface area contributed by atoms with Crippen LogP contribution in [0.15, 0.2) is 24.3 Å². The lowest BCUT2D eigenvalue weighted by Crippen LogP contribution is -2.26. The molecule has 0 saturated carbocycles. The molecule has 1 rings (SSSR count). The first kappa shape index (κ1) is 15.6. The third-order valence-electron chi connectivity index (χ3n) is 3.49. The van der Waals surface area contributed by atoms with E-state index in [0.717, 1.165) is 12.3 Å². The Hall–Kier alpha value is -0.470. The van der Waals surface area contributed by atoms with Crippen LogP contribution in [0.3, 0.4) is 0 Å². The van der Waals surface area contributed by atoms with Crippen LogP contribution >= 0.6 is 11.8 Å². The van der Waals surface area contributed by atoms with Gasteiger partial charge in [0.2, 0.25) is 0 Å². The molecule has 0 aliphatic rings. The maximum Gasteiger partial charge on any atom is 0.0448 e. The zero-order valence-electron chi connectivity index (χ0n) is 12.1. The topological polar surface area (TPSA) is 26.0 Å². The molecule has 0 saturated heterocycles. The van der Waals surface area contributed by atoms with Gasteiger partial charge < -0.3 is 5.73 Å². The molecular formula is C16H27NS. The molecule has 0 bridgehead atoms. The molecular weight excluding hydrogens is 238 g/mol. The highest BCUT2D eigenvalue weighted by Gasteiger charge is 2.19. The van der Waals surface area contributed by atoms with Crippen molar-refractivity contribution in [3.05, 3.63) is 35.4 Å². The molecule has 102 valence electrons. The Morgan fingerprint density at radius 2 is 1.94 bits per heavy atom. The summed E-state index contributed by atoms with van der Waals surface area (Å²) < 4.78 is 0. The van der Waals surface area contributed by atoms with Crippen LogP contribution in [0, 0.1) is 12.8 Å². The Balaban J connectivity index is 2.78. The number of hydrogen-bond acceptors (Lipinski definition) is 2. The molecule has 0 aliphatic heterocycles. The lowest BCUT2D eigenvalue weighted by molar-refractivity contribution is 0.615. The molecule has 18 heavy (non-hydrogen) atoms. The average molecular weight is 265 g/mol. The Morgan fingerprint density at radius 1 is 1.22 bits per heavy atom. The van der Waals surface area contributed by atoms with E-state index in [1.807, 2.05) is 11.8 Å². The van der Waals surface area contributed by atoms with Crippen molar-refractivity contribution in [2.45, 2.75) is 51.8 Å². The summed E-state index contributed by atoms with van der Waals surface area (Å²) >= 11 is 2.02. The van der Waals surface area contributed by atoms with E-state index in [1.165, 1.54) is 23.3 Å². The summed E-state index contributed by atoms with van der Waals surface area (Å²) in [6.45, 7) is 8.90. The van der Waals surface area contributed by atoms with Crippen molar-refractivity contribution >= 4 is 11.8 Å². The zero-order chi connectivity index (χ0) is 13.5. The molecule has 3 unspecified atom stereocenters. The van der Waals surface area contributed by atoms with E-state index in [2.05, 4.69) is 52.0 Å². The second-order valence-corrected chi connectivity index (χ2v) is 6.43. The Bertz CT molecular complexity index is 351. The number of nitrogens with two attached hydrogens (primary N) is 1. The molecule has 0 amide bonds. The van der Waals surface area contributed by atoms with Crippen LogP contribution in [0.1, 0.15) is 50.0 Å². The van der Waals surface area contributed by atoms with Crippen LogP contribution in [0.5, 0.6) is 0 Å². The smallest absolute Gasteiger partial charge is 0.0448 e. The molecule has 0 spiro atoms. The van der Waals surface area contributed by atoms with E-state index in [1.54, 1.807) is 0 Å². The van der Waals surface area contributed by atoms with Gasteiger partial charge >= 0.3 is 0 Å². The maximum absolute atomic E-state index is 6.31. The molecule has 1 aromatic rings. The quantitative estimate of drug-likeness (QED) is 0.782. The van der Waals surface area contributed by atoms with Crippen molar-refractivity contribution in [1.29, 1.82) is 0 Å². The van der Waals surface area contributed by atoms with Gasteiger partial charge in [-0.2, -0.15) is 11.8 Å². The van der Waals surface area contributed by atoms with Crippen molar-refractivity contribution in [2.75, 3.05) is 5.75 Å². The number of thioether (sulfide) groups is 1. The third kappa shape index (κ3) is 4.66. The van der Waals surface area contributed by atoms with Crippen LogP contribution in [-0.2, 0) is 0 Å². The highest BCUT2D eigenvalue weighted by atomic mass is 32.2. The molecule has 0 aromatic heterocycles. The fourth-order valence-corrected chi connectivity index (χ4v) is 3.46. The minimum Gasteiger partial charge on any atom is -0.326 e. The molecule has 0 heterocycles.